The zero-order chi connectivity index (χ0) is 19.4. The van der Waals surface area contributed by atoms with E-state index in [0.29, 0.717) is 37.7 Å². The van der Waals surface area contributed by atoms with Gasteiger partial charge in [-0.15, -0.1) is 0 Å². The highest BCUT2D eigenvalue weighted by atomic mass is 32.2. The molecule has 27 heavy (non-hydrogen) atoms. The SMILES string of the molecule is CCNS(=O)(=O)c1ccc(C)c(C(=O)N2CCOC(C3CCCCC3)C2)c1. The van der Waals surface area contributed by atoms with E-state index < -0.39 is 10.0 Å². The lowest BCUT2D eigenvalue weighted by Crippen LogP contribution is -2.48. The van der Waals surface area contributed by atoms with Crippen molar-refractivity contribution in [2.24, 2.45) is 5.92 Å². The summed E-state index contributed by atoms with van der Waals surface area (Å²) in [4.78, 5) is 15.1. The van der Waals surface area contributed by atoms with E-state index in [2.05, 4.69) is 4.72 Å². The van der Waals surface area contributed by atoms with Crippen LogP contribution in [0.1, 0.15) is 54.9 Å². The molecule has 0 spiro atoms. The van der Waals surface area contributed by atoms with E-state index in [-0.39, 0.29) is 16.9 Å². The molecule has 150 valence electrons. The number of sulfonamides is 1. The summed E-state index contributed by atoms with van der Waals surface area (Å²) in [7, 11) is -3.59. The van der Waals surface area contributed by atoms with Gasteiger partial charge in [-0.1, -0.05) is 32.3 Å². The predicted molar refractivity (Wildman–Crippen MR) is 104 cm³/mol. The van der Waals surface area contributed by atoms with Gasteiger partial charge in [0, 0.05) is 25.2 Å². The van der Waals surface area contributed by atoms with Crippen molar-refractivity contribution < 1.29 is 17.9 Å². The summed E-state index contributed by atoms with van der Waals surface area (Å²) < 4.78 is 33.0. The maximum atomic E-state index is 13.1. The Morgan fingerprint density at radius 2 is 2.00 bits per heavy atom. The maximum absolute atomic E-state index is 13.1. The number of aryl methyl sites for hydroxylation is 1. The molecule has 1 aliphatic heterocycles. The Hall–Kier alpha value is -1.44. The van der Waals surface area contributed by atoms with Gasteiger partial charge in [-0.2, -0.15) is 0 Å². The van der Waals surface area contributed by atoms with Crippen LogP contribution in [0.25, 0.3) is 0 Å². The molecule has 1 aromatic carbocycles. The fraction of sp³-hybridized carbons (Fsp3) is 0.650. The Morgan fingerprint density at radius 1 is 1.26 bits per heavy atom. The zero-order valence-electron chi connectivity index (χ0n) is 16.2. The lowest BCUT2D eigenvalue weighted by molar-refractivity contribution is -0.0562. The number of ether oxygens (including phenoxy) is 1. The molecule has 3 rings (SSSR count). The predicted octanol–water partition coefficient (Wildman–Crippen LogP) is 2.71. The summed E-state index contributed by atoms with van der Waals surface area (Å²) in [5.41, 5.74) is 1.24. The summed E-state index contributed by atoms with van der Waals surface area (Å²) in [5.74, 6) is 0.418. The molecule has 7 heteroatoms. The number of rotatable bonds is 5. The fourth-order valence-electron chi connectivity index (χ4n) is 4.09. The van der Waals surface area contributed by atoms with Crippen molar-refractivity contribution in [2.75, 3.05) is 26.2 Å². The second-order valence-corrected chi connectivity index (χ2v) is 9.30. The third-order valence-corrected chi connectivity index (χ3v) is 7.18. The molecule has 0 radical (unpaired) electrons. The quantitative estimate of drug-likeness (QED) is 0.833. The molecule has 1 aliphatic carbocycles. The van der Waals surface area contributed by atoms with E-state index in [1.54, 1.807) is 19.1 Å². The first-order chi connectivity index (χ1) is 12.9. The molecule has 1 amide bonds. The maximum Gasteiger partial charge on any atom is 0.254 e. The standard InChI is InChI=1S/C20H30N2O4S/c1-3-21-27(24,25)17-10-9-15(2)18(13-17)20(23)22-11-12-26-19(14-22)16-7-5-4-6-8-16/h9-10,13,16,19,21H,3-8,11-12,14H2,1-2H3. The van der Waals surface area contributed by atoms with Crippen LogP contribution >= 0.6 is 0 Å². The van der Waals surface area contributed by atoms with Crippen molar-refractivity contribution in [3.05, 3.63) is 29.3 Å². The largest absolute Gasteiger partial charge is 0.374 e. The highest BCUT2D eigenvalue weighted by Crippen LogP contribution is 2.30. The lowest BCUT2D eigenvalue weighted by Gasteiger charge is -2.38. The number of nitrogens with one attached hydrogen (secondary N) is 1. The van der Waals surface area contributed by atoms with Gasteiger partial charge in [-0.3, -0.25) is 4.79 Å². The van der Waals surface area contributed by atoms with Gasteiger partial charge in [-0.25, -0.2) is 13.1 Å². The fourth-order valence-corrected chi connectivity index (χ4v) is 5.16. The van der Waals surface area contributed by atoms with Crippen LogP contribution in [-0.2, 0) is 14.8 Å². The van der Waals surface area contributed by atoms with Crippen molar-refractivity contribution in [1.29, 1.82) is 0 Å². The monoisotopic (exact) mass is 394 g/mol. The summed E-state index contributed by atoms with van der Waals surface area (Å²) in [6.07, 6.45) is 6.20. The third-order valence-electron chi connectivity index (χ3n) is 5.64. The Bertz CT molecular complexity index is 772. The minimum Gasteiger partial charge on any atom is -0.374 e. The van der Waals surface area contributed by atoms with Crippen molar-refractivity contribution in [3.8, 4) is 0 Å². The molecule has 1 N–H and O–H groups in total. The molecule has 1 saturated heterocycles. The van der Waals surface area contributed by atoms with Gasteiger partial charge in [0.1, 0.15) is 0 Å². The molecular weight excluding hydrogens is 364 g/mol. The van der Waals surface area contributed by atoms with Crippen LogP contribution in [0, 0.1) is 12.8 Å². The Kier molecular flexibility index (Phi) is 6.55. The van der Waals surface area contributed by atoms with Crippen LogP contribution in [0.15, 0.2) is 23.1 Å². The summed E-state index contributed by atoms with van der Waals surface area (Å²) in [6.45, 7) is 5.57. The molecule has 1 unspecified atom stereocenters. The minimum absolute atomic E-state index is 0.0944. The van der Waals surface area contributed by atoms with Crippen LogP contribution in [0.3, 0.4) is 0 Å². The molecule has 1 heterocycles. The van der Waals surface area contributed by atoms with Crippen LogP contribution in [0.2, 0.25) is 0 Å². The summed E-state index contributed by atoms with van der Waals surface area (Å²) >= 11 is 0. The first-order valence-electron chi connectivity index (χ1n) is 9.93. The van der Waals surface area contributed by atoms with Crippen LogP contribution < -0.4 is 4.72 Å². The van der Waals surface area contributed by atoms with Gasteiger partial charge in [0.15, 0.2) is 0 Å². The van der Waals surface area contributed by atoms with Gasteiger partial charge in [0.05, 0.1) is 17.6 Å². The van der Waals surface area contributed by atoms with E-state index in [1.807, 2.05) is 11.8 Å². The zero-order valence-corrected chi connectivity index (χ0v) is 17.1. The molecule has 0 aromatic heterocycles. The number of carbonyl (C=O) groups excluding carboxylic acids is 1. The number of carbonyl (C=O) groups is 1. The Morgan fingerprint density at radius 3 is 2.70 bits per heavy atom. The molecule has 2 fully saturated rings. The molecule has 0 bridgehead atoms. The smallest absolute Gasteiger partial charge is 0.254 e. The molecular formula is C20H30N2O4S. The third kappa shape index (κ3) is 4.70. The van der Waals surface area contributed by atoms with Gasteiger partial charge in [0.25, 0.3) is 5.91 Å². The van der Waals surface area contributed by atoms with Gasteiger partial charge in [-0.05, 0) is 43.4 Å². The average molecular weight is 395 g/mol. The topological polar surface area (TPSA) is 75.7 Å². The van der Waals surface area contributed by atoms with Crippen LogP contribution in [-0.4, -0.2) is 51.6 Å². The van der Waals surface area contributed by atoms with E-state index in [9.17, 15) is 13.2 Å². The summed E-state index contributed by atoms with van der Waals surface area (Å²) in [6, 6.07) is 4.76. The highest BCUT2D eigenvalue weighted by Gasteiger charge is 2.32. The Labute approximate surface area is 162 Å². The van der Waals surface area contributed by atoms with E-state index in [1.165, 1.54) is 38.2 Å². The molecule has 2 aliphatic rings. The van der Waals surface area contributed by atoms with Crippen molar-refractivity contribution in [1.82, 2.24) is 9.62 Å². The van der Waals surface area contributed by atoms with E-state index in [0.717, 1.165) is 5.56 Å². The lowest BCUT2D eigenvalue weighted by atomic mass is 9.84. The normalized spacial score (nSPS) is 22.0. The number of hydrogen-bond donors (Lipinski definition) is 1. The first kappa shape index (κ1) is 20.3. The second kappa shape index (κ2) is 8.71. The van der Waals surface area contributed by atoms with Crippen LogP contribution in [0.5, 0.6) is 0 Å². The molecule has 6 nitrogen and oxygen atoms in total. The number of morpholine rings is 1. The van der Waals surface area contributed by atoms with Gasteiger partial charge < -0.3 is 9.64 Å². The summed E-state index contributed by atoms with van der Waals surface area (Å²) in [5, 5.41) is 0. The van der Waals surface area contributed by atoms with Crippen molar-refractivity contribution in [3.63, 3.8) is 0 Å². The van der Waals surface area contributed by atoms with Gasteiger partial charge >= 0.3 is 0 Å². The number of amides is 1. The molecule has 1 saturated carbocycles. The number of benzene rings is 1. The first-order valence-corrected chi connectivity index (χ1v) is 11.4. The highest BCUT2D eigenvalue weighted by molar-refractivity contribution is 7.89. The minimum atomic E-state index is -3.59. The van der Waals surface area contributed by atoms with E-state index in [4.69, 9.17) is 4.74 Å². The van der Waals surface area contributed by atoms with Crippen molar-refractivity contribution in [2.45, 2.75) is 57.0 Å². The molecule has 1 atom stereocenters. The average Bonchev–Trinajstić information content (AvgIpc) is 2.68. The number of nitrogens with zero attached hydrogens (tertiary/aromatic N) is 1. The Balaban J connectivity index is 1.78. The van der Waals surface area contributed by atoms with Gasteiger partial charge in [0.2, 0.25) is 10.0 Å². The molecule has 1 aromatic rings. The van der Waals surface area contributed by atoms with Crippen LogP contribution in [0.4, 0.5) is 0 Å². The number of hydrogen-bond acceptors (Lipinski definition) is 4. The second-order valence-electron chi connectivity index (χ2n) is 7.54. The van der Waals surface area contributed by atoms with E-state index >= 15 is 0 Å². The van der Waals surface area contributed by atoms with Crippen molar-refractivity contribution >= 4 is 15.9 Å².